The molecule has 28 heavy (non-hydrogen) atoms. The molecule has 9 heteroatoms. The number of benzene rings is 1. The summed E-state index contributed by atoms with van der Waals surface area (Å²) in [5.74, 6) is -1.20. The topological polar surface area (TPSA) is 92.2 Å². The van der Waals surface area contributed by atoms with E-state index in [4.69, 9.17) is 5.11 Å². The van der Waals surface area contributed by atoms with E-state index in [-0.39, 0.29) is 18.1 Å². The molecule has 3 rings (SSSR count). The van der Waals surface area contributed by atoms with E-state index in [0.717, 1.165) is 26.4 Å². The molecule has 0 spiro atoms. The second kappa shape index (κ2) is 9.11. The average Bonchev–Trinajstić information content (AvgIpc) is 3.11. The van der Waals surface area contributed by atoms with Gasteiger partial charge in [-0.05, 0) is 24.1 Å². The lowest BCUT2D eigenvalue weighted by molar-refractivity contribution is -0.141. The Morgan fingerprint density at radius 3 is 2.71 bits per heavy atom. The lowest BCUT2D eigenvalue weighted by atomic mass is 10.1. The highest BCUT2D eigenvalue weighted by molar-refractivity contribution is 7.99. The average molecular weight is 420 g/mol. The minimum atomic E-state index is -1.04. The molecule has 0 aliphatic rings. The Morgan fingerprint density at radius 2 is 2.04 bits per heavy atom. The van der Waals surface area contributed by atoms with E-state index in [0.29, 0.717) is 12.2 Å². The molecule has 0 radical (unpaired) electrons. The monoisotopic (exact) mass is 419 g/mol. The van der Waals surface area contributed by atoms with Crippen LogP contribution in [0.1, 0.15) is 19.8 Å². The summed E-state index contributed by atoms with van der Waals surface area (Å²) in [6.45, 7) is 1.71. The van der Waals surface area contributed by atoms with Crippen LogP contribution in [0.3, 0.4) is 0 Å². The number of carbonyl (C=O) groups excluding carboxylic acids is 1. The molecule has 2 aromatic heterocycles. The van der Waals surface area contributed by atoms with Crippen LogP contribution in [0, 0.1) is 5.82 Å². The number of nitrogens with one attached hydrogen (secondary N) is 1. The number of rotatable bonds is 8. The Bertz CT molecular complexity index is 992. The molecule has 0 saturated carbocycles. The fraction of sp³-hybridized carbons (Fsp3) is 0.263. The summed E-state index contributed by atoms with van der Waals surface area (Å²) in [5.41, 5.74) is 1.79. The number of nitrogens with zero attached hydrogens (tertiary/aromatic N) is 2. The third-order valence-electron chi connectivity index (χ3n) is 4.10. The zero-order valence-electron chi connectivity index (χ0n) is 15.0. The second-order valence-electron chi connectivity index (χ2n) is 5.98. The van der Waals surface area contributed by atoms with Crippen LogP contribution in [0.15, 0.2) is 41.0 Å². The lowest BCUT2D eigenvalue weighted by Gasteiger charge is -2.12. The van der Waals surface area contributed by atoms with Crippen LogP contribution in [-0.4, -0.2) is 38.7 Å². The maximum atomic E-state index is 13.2. The smallest absolute Gasteiger partial charge is 0.326 e. The van der Waals surface area contributed by atoms with Crippen LogP contribution in [-0.2, 0) is 9.59 Å². The summed E-state index contributed by atoms with van der Waals surface area (Å²) in [6.07, 6.45) is 1.99. The Labute approximate surface area is 169 Å². The van der Waals surface area contributed by atoms with Crippen molar-refractivity contribution in [1.29, 1.82) is 0 Å². The molecule has 1 aromatic carbocycles. The van der Waals surface area contributed by atoms with Gasteiger partial charge in [0.25, 0.3) is 0 Å². The van der Waals surface area contributed by atoms with Gasteiger partial charge in [0.05, 0.1) is 5.39 Å². The first-order valence-corrected chi connectivity index (χ1v) is 10.5. The highest BCUT2D eigenvalue weighted by Gasteiger charge is 2.18. The van der Waals surface area contributed by atoms with Crippen LogP contribution < -0.4 is 5.32 Å². The Balaban J connectivity index is 1.73. The van der Waals surface area contributed by atoms with Gasteiger partial charge in [0.2, 0.25) is 5.91 Å². The molecule has 0 fully saturated rings. The van der Waals surface area contributed by atoms with Crippen LogP contribution in [0.25, 0.3) is 21.3 Å². The third kappa shape index (κ3) is 4.66. The van der Waals surface area contributed by atoms with Gasteiger partial charge in [0.1, 0.15) is 28.0 Å². The van der Waals surface area contributed by atoms with Crippen molar-refractivity contribution in [2.75, 3.05) is 5.75 Å². The summed E-state index contributed by atoms with van der Waals surface area (Å²) in [6, 6.07) is 5.37. The fourth-order valence-corrected chi connectivity index (χ4v) is 4.58. The van der Waals surface area contributed by atoms with Gasteiger partial charge >= 0.3 is 5.97 Å². The van der Waals surface area contributed by atoms with E-state index in [1.54, 1.807) is 19.1 Å². The van der Waals surface area contributed by atoms with Gasteiger partial charge < -0.3 is 10.4 Å². The van der Waals surface area contributed by atoms with Crippen LogP contribution in [0.4, 0.5) is 4.39 Å². The molecule has 0 saturated heterocycles. The quantitative estimate of drug-likeness (QED) is 0.424. The first kappa shape index (κ1) is 20.2. The number of aliphatic carboxylic acids is 1. The Hall–Kier alpha value is -2.52. The summed E-state index contributed by atoms with van der Waals surface area (Å²) < 4.78 is 13.2. The van der Waals surface area contributed by atoms with Crippen LogP contribution >= 0.6 is 23.1 Å². The predicted octanol–water partition coefficient (Wildman–Crippen LogP) is 3.96. The minimum Gasteiger partial charge on any atom is -0.480 e. The normalized spacial score (nSPS) is 12.1. The van der Waals surface area contributed by atoms with Crippen LogP contribution in [0.2, 0.25) is 0 Å². The van der Waals surface area contributed by atoms with Crippen molar-refractivity contribution in [3.63, 3.8) is 0 Å². The highest BCUT2D eigenvalue weighted by atomic mass is 32.2. The van der Waals surface area contributed by atoms with Gasteiger partial charge in [-0.15, -0.1) is 23.1 Å². The molecule has 0 aliphatic carbocycles. The van der Waals surface area contributed by atoms with Crippen molar-refractivity contribution in [3.05, 3.63) is 41.8 Å². The van der Waals surface area contributed by atoms with Gasteiger partial charge in [-0.2, -0.15) is 0 Å². The first-order chi connectivity index (χ1) is 13.5. The molecule has 3 aromatic rings. The van der Waals surface area contributed by atoms with E-state index in [1.807, 2.05) is 5.38 Å². The van der Waals surface area contributed by atoms with Gasteiger partial charge in [0.15, 0.2) is 0 Å². The minimum absolute atomic E-state index is 0.177. The van der Waals surface area contributed by atoms with Crippen molar-refractivity contribution in [2.24, 2.45) is 0 Å². The number of thioether (sulfide) groups is 1. The second-order valence-corrected chi connectivity index (χ2v) is 7.92. The van der Waals surface area contributed by atoms with E-state index < -0.39 is 12.0 Å². The number of fused-ring (bicyclic) bond motifs is 1. The van der Waals surface area contributed by atoms with Crippen molar-refractivity contribution in [1.82, 2.24) is 15.3 Å². The molecule has 6 nitrogen and oxygen atoms in total. The summed E-state index contributed by atoms with van der Waals surface area (Å²) in [7, 11) is 0. The molecule has 1 unspecified atom stereocenters. The van der Waals surface area contributed by atoms with Gasteiger partial charge in [-0.25, -0.2) is 19.2 Å². The summed E-state index contributed by atoms with van der Waals surface area (Å²) in [5, 5.41) is 15.1. The van der Waals surface area contributed by atoms with Crippen molar-refractivity contribution in [3.8, 4) is 11.1 Å². The number of halogens is 1. The Kier molecular flexibility index (Phi) is 6.58. The molecule has 146 valence electrons. The van der Waals surface area contributed by atoms with E-state index in [1.165, 1.54) is 41.6 Å². The van der Waals surface area contributed by atoms with Crippen molar-refractivity contribution < 1.29 is 19.1 Å². The summed E-state index contributed by atoms with van der Waals surface area (Å²) >= 11 is 2.89. The van der Waals surface area contributed by atoms with Crippen molar-refractivity contribution >= 4 is 45.2 Å². The molecular weight excluding hydrogens is 401 g/mol. The lowest BCUT2D eigenvalue weighted by Crippen LogP contribution is -2.40. The fourth-order valence-electron chi connectivity index (χ4n) is 2.64. The number of carboxylic acids is 1. The zero-order chi connectivity index (χ0) is 20.1. The van der Waals surface area contributed by atoms with Gasteiger partial charge in [0, 0.05) is 23.1 Å². The molecule has 1 atom stereocenters. The maximum absolute atomic E-state index is 13.2. The molecule has 0 aliphatic heterocycles. The van der Waals surface area contributed by atoms with E-state index in [2.05, 4.69) is 15.3 Å². The van der Waals surface area contributed by atoms with Gasteiger partial charge in [-0.1, -0.05) is 19.1 Å². The maximum Gasteiger partial charge on any atom is 0.326 e. The van der Waals surface area contributed by atoms with Crippen LogP contribution in [0.5, 0.6) is 0 Å². The highest BCUT2D eigenvalue weighted by Crippen LogP contribution is 2.37. The van der Waals surface area contributed by atoms with Gasteiger partial charge in [-0.3, -0.25) is 4.79 Å². The van der Waals surface area contributed by atoms with Crippen molar-refractivity contribution in [2.45, 2.75) is 30.8 Å². The number of thiophene rings is 1. The number of carboxylic acid groups (broad SMARTS) is 1. The Morgan fingerprint density at radius 1 is 1.29 bits per heavy atom. The molecule has 2 heterocycles. The van der Waals surface area contributed by atoms with E-state index >= 15 is 0 Å². The standard InChI is InChI=1S/C19H18FN3O3S2/c1-2-14(19(25)26)23-15(24)7-8-27-17-16-13(9-28-18(16)22-10-21-17)11-3-5-12(20)6-4-11/h3-6,9-10,14H,2,7-8H2,1H3,(H,23,24)(H,25,26). The number of carbonyl (C=O) groups is 2. The first-order valence-electron chi connectivity index (χ1n) is 8.62. The third-order valence-corrected chi connectivity index (χ3v) is 5.98. The SMILES string of the molecule is CCC(NC(=O)CCSc1ncnc2scc(-c3ccc(F)cc3)c12)C(=O)O. The molecule has 0 bridgehead atoms. The zero-order valence-corrected chi connectivity index (χ0v) is 16.6. The van der Waals surface area contributed by atoms with E-state index in [9.17, 15) is 14.0 Å². The number of amides is 1. The number of hydrogen-bond donors (Lipinski definition) is 2. The summed E-state index contributed by atoms with van der Waals surface area (Å²) in [4.78, 5) is 32.5. The largest absolute Gasteiger partial charge is 0.480 e. The molecule has 1 amide bonds. The predicted molar refractivity (Wildman–Crippen MR) is 108 cm³/mol. The molecule has 2 N–H and O–H groups in total. The number of aromatic nitrogens is 2. The molecular formula is C19H18FN3O3S2. The number of hydrogen-bond acceptors (Lipinski definition) is 6.